The highest BCUT2D eigenvalue weighted by Gasteiger charge is 2.56. The van der Waals surface area contributed by atoms with Gasteiger partial charge in [0.05, 0.1) is 42.1 Å². The number of phenols is 1. The zero-order valence-corrected chi connectivity index (χ0v) is 22.8. The van der Waals surface area contributed by atoms with E-state index in [2.05, 4.69) is 0 Å². The van der Waals surface area contributed by atoms with Gasteiger partial charge in [-0.25, -0.2) is 0 Å². The van der Waals surface area contributed by atoms with Crippen molar-refractivity contribution in [1.29, 1.82) is 0 Å². The first-order valence-corrected chi connectivity index (χ1v) is 13.4. The van der Waals surface area contributed by atoms with E-state index in [1.165, 1.54) is 26.4 Å². The Kier molecular flexibility index (Phi) is 6.00. The Balaban J connectivity index is 1.40. The lowest BCUT2D eigenvalue weighted by Crippen LogP contribution is -2.63. The molecule has 0 aromatic heterocycles. The van der Waals surface area contributed by atoms with Crippen LogP contribution in [0.25, 0.3) is 0 Å². The Morgan fingerprint density at radius 1 is 0.976 bits per heavy atom. The summed E-state index contributed by atoms with van der Waals surface area (Å²) in [7, 11) is 2.66. The topological polar surface area (TPSA) is 161 Å². The number of rotatable bonds is 5. The molecule has 0 amide bonds. The number of esters is 1. The van der Waals surface area contributed by atoms with Crippen LogP contribution in [0.15, 0.2) is 24.3 Å². The molecule has 42 heavy (non-hydrogen) atoms. The summed E-state index contributed by atoms with van der Waals surface area (Å²) in [6, 6.07) is 6.00. The van der Waals surface area contributed by atoms with E-state index in [1.54, 1.807) is 19.1 Å². The second kappa shape index (κ2) is 10.4. The van der Waals surface area contributed by atoms with Gasteiger partial charge in [-0.15, -0.1) is 0 Å². The van der Waals surface area contributed by atoms with Crippen LogP contribution in [0.5, 0.6) is 28.7 Å². The third-order valence-electron chi connectivity index (χ3n) is 8.26. The molecule has 226 valence electrons. The highest BCUT2D eigenvalue weighted by Crippen LogP contribution is 2.57. The SMILES string of the molecule is [2H]C1([2H])OC(=O)[C@]2([2H])[C@H](c3cc(OC)c(O)c(OC)c3)c3cc4c(cc3[C@@H](O[C@@H]3O[C@@H]5CO[C@@H](C)O[C@H]5[C@H](O)[C@H]3O)[C@@H]12)OCO4. The molecule has 1 aliphatic carbocycles. The summed E-state index contributed by atoms with van der Waals surface area (Å²) in [6.45, 7) is -1.18. The fraction of sp³-hybridized carbons (Fsp3) is 0.552. The maximum atomic E-state index is 13.7. The molecule has 0 saturated carbocycles. The first kappa shape index (κ1) is 24.1. The molecule has 0 bridgehead atoms. The van der Waals surface area contributed by atoms with Crippen molar-refractivity contribution >= 4 is 5.97 Å². The van der Waals surface area contributed by atoms with Crippen LogP contribution in [-0.4, -0.2) is 92.5 Å². The van der Waals surface area contributed by atoms with E-state index in [-0.39, 0.29) is 36.2 Å². The minimum atomic E-state index is -2.74. The van der Waals surface area contributed by atoms with E-state index in [4.69, 9.17) is 45.4 Å². The van der Waals surface area contributed by atoms with Gasteiger partial charge in [-0.2, -0.15) is 0 Å². The van der Waals surface area contributed by atoms with Gasteiger partial charge in [0.15, 0.2) is 35.6 Å². The van der Waals surface area contributed by atoms with Gasteiger partial charge < -0.3 is 58.0 Å². The molecule has 5 aliphatic rings. The molecule has 7 rings (SSSR count). The number of cyclic esters (lactones) is 1. The summed E-state index contributed by atoms with van der Waals surface area (Å²) in [6.07, 6.45) is -8.50. The number of hydrogen-bond donors (Lipinski definition) is 3. The summed E-state index contributed by atoms with van der Waals surface area (Å²) >= 11 is 0. The number of carbonyl (C=O) groups excluding carboxylic acids is 1. The maximum absolute atomic E-state index is 13.7. The number of benzene rings is 2. The monoisotopic (exact) mass is 591 g/mol. The summed E-state index contributed by atoms with van der Waals surface area (Å²) in [5.74, 6) is -6.13. The van der Waals surface area contributed by atoms with Crippen LogP contribution in [0.2, 0.25) is 0 Å². The Morgan fingerprint density at radius 2 is 1.67 bits per heavy atom. The van der Waals surface area contributed by atoms with Crippen LogP contribution in [-0.2, 0) is 28.5 Å². The summed E-state index contributed by atoms with van der Waals surface area (Å²) in [4.78, 5) is 13.7. The fourth-order valence-electron chi connectivity index (χ4n) is 6.25. The molecule has 13 heteroatoms. The smallest absolute Gasteiger partial charge is 0.310 e. The van der Waals surface area contributed by atoms with Gasteiger partial charge in [0.1, 0.15) is 24.4 Å². The van der Waals surface area contributed by atoms with Gasteiger partial charge in [-0.3, -0.25) is 4.79 Å². The predicted octanol–water partition coefficient (Wildman–Crippen LogP) is 1.34. The zero-order valence-electron chi connectivity index (χ0n) is 25.8. The molecule has 3 saturated heterocycles. The number of aromatic hydroxyl groups is 1. The first-order valence-electron chi connectivity index (χ1n) is 14.9. The highest BCUT2D eigenvalue weighted by atomic mass is 16.8. The van der Waals surface area contributed by atoms with Crippen molar-refractivity contribution in [3.63, 3.8) is 0 Å². The number of methoxy groups -OCH3 is 2. The summed E-state index contributed by atoms with van der Waals surface area (Å²) in [5, 5.41) is 32.7. The van der Waals surface area contributed by atoms with Crippen molar-refractivity contribution in [3.8, 4) is 28.7 Å². The molecule has 3 N–H and O–H groups in total. The number of carbonyl (C=O) groups is 1. The summed E-state index contributed by atoms with van der Waals surface area (Å²) < 4.78 is 77.9. The van der Waals surface area contributed by atoms with E-state index < -0.39 is 73.4 Å². The van der Waals surface area contributed by atoms with Crippen LogP contribution >= 0.6 is 0 Å². The van der Waals surface area contributed by atoms with Crippen molar-refractivity contribution < 1.29 is 66.9 Å². The molecular formula is C29H32O13. The van der Waals surface area contributed by atoms with Crippen LogP contribution < -0.4 is 18.9 Å². The minimum absolute atomic E-state index is 0.00644. The van der Waals surface area contributed by atoms with Crippen LogP contribution in [0.4, 0.5) is 0 Å². The number of aliphatic hydroxyl groups excluding tert-OH is 2. The third-order valence-corrected chi connectivity index (χ3v) is 8.26. The van der Waals surface area contributed by atoms with Crippen LogP contribution in [0.1, 0.15) is 39.7 Å². The molecule has 0 spiro atoms. The maximum Gasteiger partial charge on any atom is 0.310 e. The van der Waals surface area contributed by atoms with Gasteiger partial charge in [-0.05, 0) is 47.9 Å². The molecule has 0 radical (unpaired) electrons. The van der Waals surface area contributed by atoms with E-state index in [0.717, 1.165) is 0 Å². The molecule has 4 aliphatic heterocycles. The van der Waals surface area contributed by atoms with Crippen molar-refractivity contribution in [2.24, 2.45) is 11.8 Å². The van der Waals surface area contributed by atoms with Gasteiger partial charge in [0.25, 0.3) is 0 Å². The zero-order chi connectivity index (χ0) is 32.0. The molecule has 3 fully saturated rings. The van der Waals surface area contributed by atoms with Gasteiger partial charge >= 0.3 is 5.97 Å². The minimum Gasteiger partial charge on any atom is -0.502 e. The Bertz CT molecular complexity index is 1500. The van der Waals surface area contributed by atoms with E-state index in [1.807, 2.05) is 0 Å². The fourth-order valence-corrected chi connectivity index (χ4v) is 6.25. The van der Waals surface area contributed by atoms with Crippen molar-refractivity contribution in [2.45, 2.75) is 55.9 Å². The third kappa shape index (κ3) is 4.26. The number of phenolic OH excluding ortho intramolecular Hbond substituents is 1. The van der Waals surface area contributed by atoms with Crippen LogP contribution in [0, 0.1) is 11.8 Å². The van der Waals surface area contributed by atoms with E-state index in [9.17, 15) is 21.5 Å². The van der Waals surface area contributed by atoms with Gasteiger partial charge in [0.2, 0.25) is 12.5 Å². The Hall–Kier alpha value is -3.33. The Morgan fingerprint density at radius 3 is 2.36 bits per heavy atom. The average molecular weight is 592 g/mol. The number of hydrogen-bond acceptors (Lipinski definition) is 13. The number of aliphatic hydroxyl groups is 2. The molecule has 2 aromatic carbocycles. The lowest BCUT2D eigenvalue weighted by molar-refractivity contribution is -0.364. The molecule has 10 atom stereocenters. The average Bonchev–Trinajstić information content (AvgIpc) is 3.53. The second-order valence-corrected chi connectivity index (χ2v) is 10.6. The van der Waals surface area contributed by atoms with Crippen molar-refractivity contribution in [1.82, 2.24) is 0 Å². The van der Waals surface area contributed by atoms with E-state index in [0.29, 0.717) is 22.6 Å². The highest BCUT2D eigenvalue weighted by molar-refractivity contribution is 5.79. The van der Waals surface area contributed by atoms with Gasteiger partial charge in [0, 0.05) is 13.2 Å². The van der Waals surface area contributed by atoms with Crippen molar-refractivity contribution in [3.05, 3.63) is 41.0 Å². The number of ether oxygens (including phenoxy) is 9. The lowest BCUT2D eigenvalue weighted by Gasteiger charge is -2.47. The standard InChI is InChI=1S/C29H32O13/c1-11-36-9-20-27(40-11)24(31)25(32)29(41-20)42-26-14-7-17-16(38-10-39-17)6-13(14)21(22-15(26)8-37-28(22)33)12-4-18(34-2)23(30)19(5-12)35-3/h4-7,11,15,20-22,24-27,29-32H,8-10H2,1-3H3/t11-,15+,20-,21-,22+,24-,25-,26-,27-,29+/m1/s1/i8D2,22D. The Labute approximate surface area is 244 Å². The second-order valence-electron chi connectivity index (χ2n) is 10.6. The quantitative estimate of drug-likeness (QED) is 0.428. The largest absolute Gasteiger partial charge is 0.502 e. The molecular weight excluding hydrogens is 556 g/mol. The first-order chi connectivity index (χ1) is 21.4. The molecule has 0 unspecified atom stereocenters. The summed E-state index contributed by atoms with van der Waals surface area (Å²) in [5.41, 5.74) is 0.886. The molecule has 4 heterocycles. The van der Waals surface area contributed by atoms with Crippen LogP contribution in [0.3, 0.4) is 0 Å². The normalized spacial score (nSPS) is 40.5. The predicted molar refractivity (Wildman–Crippen MR) is 138 cm³/mol. The molecule has 13 nitrogen and oxygen atoms in total. The van der Waals surface area contributed by atoms with Gasteiger partial charge in [-0.1, -0.05) is 0 Å². The number of fused-ring (bicyclic) bond motifs is 4. The van der Waals surface area contributed by atoms with E-state index >= 15 is 0 Å². The molecule has 2 aromatic rings. The van der Waals surface area contributed by atoms with Crippen molar-refractivity contribution in [2.75, 3.05) is 34.2 Å². The lowest BCUT2D eigenvalue weighted by atomic mass is 9.66.